The van der Waals surface area contributed by atoms with Gasteiger partial charge in [-0.1, -0.05) is 35.1 Å². The van der Waals surface area contributed by atoms with Gasteiger partial charge in [0.1, 0.15) is 11.3 Å². The van der Waals surface area contributed by atoms with Crippen molar-refractivity contribution in [3.63, 3.8) is 0 Å². The number of ether oxygens (including phenoxy) is 1. The first-order chi connectivity index (χ1) is 12.3. The van der Waals surface area contributed by atoms with Crippen LogP contribution in [0.1, 0.15) is 10.4 Å². The number of anilines is 1. The van der Waals surface area contributed by atoms with E-state index in [-0.39, 0.29) is 10.5 Å². The van der Waals surface area contributed by atoms with Crippen LogP contribution in [0.15, 0.2) is 41.3 Å². The Labute approximate surface area is 158 Å². The lowest BCUT2D eigenvalue weighted by Gasteiger charge is -2.09. The Balaban J connectivity index is 1.85. The summed E-state index contributed by atoms with van der Waals surface area (Å²) in [7, 11) is -2.01. The molecule has 10 heteroatoms. The summed E-state index contributed by atoms with van der Waals surface area (Å²) in [6.45, 7) is 0. The van der Waals surface area contributed by atoms with Gasteiger partial charge in [-0.3, -0.25) is 15.6 Å². The maximum atomic E-state index is 12.4. The molecule has 0 aliphatic rings. The molecule has 0 saturated heterocycles. The quantitative estimate of drug-likeness (QED) is 0.626. The lowest BCUT2D eigenvalue weighted by atomic mass is 10.2. The highest BCUT2D eigenvalue weighted by molar-refractivity contribution is 7.90. The minimum atomic E-state index is -3.53. The number of hydrogen-bond acceptors (Lipinski definition) is 7. The molecule has 0 unspecified atom stereocenters. The van der Waals surface area contributed by atoms with Crippen LogP contribution in [0.2, 0.25) is 5.02 Å². The first-order valence-electron chi connectivity index (χ1n) is 7.29. The van der Waals surface area contributed by atoms with Gasteiger partial charge in [0.2, 0.25) is 5.13 Å². The number of carbonyl (C=O) groups excluding carboxylic acids is 1. The van der Waals surface area contributed by atoms with Gasteiger partial charge in [0, 0.05) is 6.26 Å². The van der Waals surface area contributed by atoms with Gasteiger partial charge in [-0.15, -0.1) is 0 Å². The molecule has 7 nitrogen and oxygen atoms in total. The number of methoxy groups -OCH3 is 1. The number of carbonyl (C=O) groups is 1. The van der Waals surface area contributed by atoms with E-state index in [4.69, 9.17) is 16.3 Å². The third kappa shape index (κ3) is 3.59. The third-order valence-corrected chi connectivity index (χ3v) is 6.08. The number of rotatable bonds is 5. The van der Waals surface area contributed by atoms with Gasteiger partial charge < -0.3 is 4.74 Å². The minimum absolute atomic E-state index is 0.0409. The van der Waals surface area contributed by atoms with Crippen LogP contribution in [-0.2, 0) is 9.84 Å². The van der Waals surface area contributed by atoms with E-state index in [2.05, 4.69) is 15.8 Å². The Hall–Kier alpha value is -2.36. The Morgan fingerprint density at radius 3 is 2.65 bits per heavy atom. The molecule has 0 aliphatic carbocycles. The van der Waals surface area contributed by atoms with Crippen molar-refractivity contribution in [3.8, 4) is 5.75 Å². The van der Waals surface area contributed by atoms with E-state index < -0.39 is 15.7 Å². The van der Waals surface area contributed by atoms with Crippen LogP contribution in [0.4, 0.5) is 5.13 Å². The van der Waals surface area contributed by atoms with E-state index in [9.17, 15) is 13.2 Å². The lowest BCUT2D eigenvalue weighted by molar-refractivity contribution is 0.0959. The fourth-order valence-electron chi connectivity index (χ4n) is 2.33. The molecular weight excluding hydrogens is 398 g/mol. The van der Waals surface area contributed by atoms with Crippen molar-refractivity contribution in [1.29, 1.82) is 0 Å². The highest BCUT2D eigenvalue weighted by Gasteiger charge is 2.18. The maximum absolute atomic E-state index is 12.4. The fraction of sp³-hybridized carbons (Fsp3) is 0.125. The Kier molecular flexibility index (Phi) is 5.03. The van der Waals surface area contributed by atoms with Crippen LogP contribution in [0.5, 0.6) is 5.75 Å². The van der Waals surface area contributed by atoms with Crippen molar-refractivity contribution >= 4 is 54.0 Å². The molecule has 3 aromatic rings. The Bertz CT molecular complexity index is 1100. The smallest absolute Gasteiger partial charge is 0.270 e. The predicted molar refractivity (Wildman–Crippen MR) is 102 cm³/mol. The van der Waals surface area contributed by atoms with Crippen LogP contribution >= 0.6 is 22.9 Å². The number of sulfone groups is 1. The Morgan fingerprint density at radius 2 is 1.96 bits per heavy atom. The van der Waals surface area contributed by atoms with Crippen molar-refractivity contribution in [2.75, 3.05) is 18.8 Å². The zero-order chi connectivity index (χ0) is 18.9. The average Bonchev–Trinajstić information content (AvgIpc) is 3.04. The Morgan fingerprint density at radius 1 is 1.23 bits per heavy atom. The zero-order valence-corrected chi connectivity index (χ0v) is 16.1. The van der Waals surface area contributed by atoms with Crippen LogP contribution in [0.3, 0.4) is 0 Å². The molecule has 0 bridgehead atoms. The van der Waals surface area contributed by atoms with E-state index >= 15 is 0 Å². The van der Waals surface area contributed by atoms with Crippen molar-refractivity contribution in [3.05, 3.63) is 47.0 Å². The molecule has 0 saturated carbocycles. The average molecular weight is 412 g/mol. The van der Waals surface area contributed by atoms with E-state index in [1.54, 1.807) is 24.3 Å². The molecule has 1 amide bonds. The fourth-order valence-corrected chi connectivity index (χ4v) is 4.32. The van der Waals surface area contributed by atoms with Crippen LogP contribution in [-0.4, -0.2) is 32.7 Å². The number of halogens is 1. The largest absolute Gasteiger partial charge is 0.494 e. The van der Waals surface area contributed by atoms with E-state index in [0.717, 1.165) is 6.26 Å². The molecule has 136 valence electrons. The lowest BCUT2D eigenvalue weighted by Crippen LogP contribution is -2.30. The van der Waals surface area contributed by atoms with E-state index in [0.29, 0.717) is 26.1 Å². The first kappa shape index (κ1) is 18.4. The number of nitrogens with zero attached hydrogens (tertiary/aromatic N) is 1. The summed E-state index contributed by atoms with van der Waals surface area (Å²) in [5, 5.41) is 0.900. The zero-order valence-electron chi connectivity index (χ0n) is 13.7. The molecule has 0 fully saturated rings. The number of hydrogen-bond donors (Lipinski definition) is 2. The number of benzene rings is 2. The van der Waals surface area contributed by atoms with Crippen molar-refractivity contribution < 1.29 is 17.9 Å². The topological polar surface area (TPSA) is 97.4 Å². The van der Waals surface area contributed by atoms with Crippen molar-refractivity contribution in [1.82, 2.24) is 10.4 Å². The molecule has 1 heterocycles. The number of fused-ring (bicyclic) bond motifs is 1. The van der Waals surface area contributed by atoms with Crippen LogP contribution < -0.4 is 15.6 Å². The standard InChI is InChI=1S/C16H14ClN3O4S2/c1-24-11-8-7-10(17)14-13(11)18-16(25-14)20-19-15(21)9-5-3-4-6-12(9)26(2,22)23/h3-8H,1-2H3,(H,18,20)(H,19,21). The van der Waals surface area contributed by atoms with E-state index in [1.165, 1.54) is 30.6 Å². The number of amides is 1. The summed E-state index contributed by atoms with van der Waals surface area (Å²) in [6.07, 6.45) is 1.05. The molecule has 2 aromatic carbocycles. The molecule has 2 N–H and O–H groups in total. The van der Waals surface area contributed by atoms with Gasteiger partial charge in [0.25, 0.3) is 5.91 Å². The number of thiazole rings is 1. The molecule has 0 radical (unpaired) electrons. The minimum Gasteiger partial charge on any atom is -0.494 e. The SMILES string of the molecule is COc1ccc(Cl)c2sc(NNC(=O)c3ccccc3S(C)(=O)=O)nc12. The highest BCUT2D eigenvalue weighted by Crippen LogP contribution is 2.37. The molecule has 3 rings (SSSR count). The number of hydrazine groups is 1. The van der Waals surface area contributed by atoms with Crippen molar-refractivity contribution in [2.45, 2.75) is 4.90 Å². The first-order valence-corrected chi connectivity index (χ1v) is 10.4. The van der Waals surface area contributed by atoms with Gasteiger partial charge in [0.05, 0.1) is 27.3 Å². The summed E-state index contributed by atoms with van der Waals surface area (Å²) in [6, 6.07) is 9.37. The second-order valence-corrected chi connectivity index (χ2v) is 8.68. The van der Waals surface area contributed by atoms with Gasteiger partial charge >= 0.3 is 0 Å². The van der Waals surface area contributed by atoms with E-state index in [1.807, 2.05) is 0 Å². The molecule has 1 aromatic heterocycles. The molecular formula is C16H14ClN3O4S2. The maximum Gasteiger partial charge on any atom is 0.270 e. The van der Waals surface area contributed by atoms with Gasteiger partial charge in [0.15, 0.2) is 9.84 Å². The molecule has 0 atom stereocenters. The second kappa shape index (κ2) is 7.10. The molecule has 0 spiro atoms. The van der Waals surface area contributed by atoms with Gasteiger partial charge in [-0.25, -0.2) is 13.4 Å². The monoisotopic (exact) mass is 411 g/mol. The molecule has 26 heavy (non-hydrogen) atoms. The molecule has 0 aliphatic heterocycles. The second-order valence-electron chi connectivity index (χ2n) is 5.29. The summed E-state index contributed by atoms with van der Waals surface area (Å²) < 4.78 is 29.6. The number of nitrogens with one attached hydrogen (secondary N) is 2. The predicted octanol–water partition coefficient (Wildman–Crippen LogP) is 3.12. The van der Waals surface area contributed by atoms with Gasteiger partial charge in [-0.05, 0) is 24.3 Å². The van der Waals surface area contributed by atoms with Crippen LogP contribution in [0, 0.1) is 0 Å². The summed E-state index contributed by atoms with van der Waals surface area (Å²) in [5.41, 5.74) is 5.75. The van der Waals surface area contributed by atoms with Crippen molar-refractivity contribution in [2.24, 2.45) is 0 Å². The normalized spacial score (nSPS) is 11.3. The third-order valence-electron chi connectivity index (χ3n) is 3.49. The summed E-state index contributed by atoms with van der Waals surface area (Å²) in [5.74, 6) is -0.0363. The van der Waals surface area contributed by atoms with Gasteiger partial charge in [-0.2, -0.15) is 0 Å². The summed E-state index contributed by atoms with van der Waals surface area (Å²) in [4.78, 5) is 16.7. The van der Waals surface area contributed by atoms with Crippen LogP contribution in [0.25, 0.3) is 10.2 Å². The highest BCUT2D eigenvalue weighted by atomic mass is 35.5. The number of aromatic nitrogens is 1. The summed E-state index contributed by atoms with van der Waals surface area (Å²) >= 11 is 7.40.